The predicted molar refractivity (Wildman–Crippen MR) is 66.5 cm³/mol. The first-order valence-electron chi connectivity index (χ1n) is 6.49. The molecule has 5 heteroatoms. The zero-order valence-electron chi connectivity index (χ0n) is 10.7. The van der Waals surface area contributed by atoms with Gasteiger partial charge in [-0.15, -0.1) is 0 Å². The van der Waals surface area contributed by atoms with Gasteiger partial charge in [0.25, 0.3) is 0 Å². The molecule has 2 nitrogen and oxygen atoms in total. The monoisotopic (exact) mass is 273 g/mol. The number of likely N-dealkylation sites (tertiary alicyclic amines) is 1. The Morgan fingerprint density at radius 3 is 2.68 bits per heavy atom. The highest BCUT2D eigenvalue weighted by Gasteiger charge is 2.33. The van der Waals surface area contributed by atoms with Gasteiger partial charge in [0.15, 0.2) is 0 Å². The highest BCUT2D eigenvalue weighted by Crippen LogP contribution is 2.33. The number of hydrogen-bond acceptors (Lipinski definition) is 2. The van der Waals surface area contributed by atoms with Crippen LogP contribution in [-0.2, 0) is 12.7 Å². The van der Waals surface area contributed by atoms with Crippen molar-refractivity contribution in [2.45, 2.75) is 25.6 Å². The summed E-state index contributed by atoms with van der Waals surface area (Å²) in [5.74, 6) is 0.406. The SMILES string of the molecule is OCCC1CCN(Cc2ccccc2C(F)(F)F)C1. The van der Waals surface area contributed by atoms with Gasteiger partial charge in [-0.1, -0.05) is 18.2 Å². The molecule has 0 aromatic heterocycles. The van der Waals surface area contributed by atoms with E-state index in [0.29, 0.717) is 18.0 Å². The van der Waals surface area contributed by atoms with Crippen molar-refractivity contribution in [3.05, 3.63) is 35.4 Å². The van der Waals surface area contributed by atoms with Crippen LogP contribution in [-0.4, -0.2) is 29.7 Å². The Morgan fingerprint density at radius 2 is 2.00 bits per heavy atom. The fourth-order valence-corrected chi connectivity index (χ4v) is 2.65. The lowest BCUT2D eigenvalue weighted by molar-refractivity contribution is -0.138. The molecule has 0 amide bonds. The lowest BCUT2D eigenvalue weighted by atomic mass is 10.1. The lowest BCUT2D eigenvalue weighted by Crippen LogP contribution is -2.22. The van der Waals surface area contributed by atoms with Crippen molar-refractivity contribution in [2.24, 2.45) is 5.92 Å². The van der Waals surface area contributed by atoms with E-state index >= 15 is 0 Å². The van der Waals surface area contributed by atoms with Crippen LogP contribution >= 0.6 is 0 Å². The average molecular weight is 273 g/mol. The van der Waals surface area contributed by atoms with Gasteiger partial charge < -0.3 is 5.11 Å². The molecule has 1 N–H and O–H groups in total. The van der Waals surface area contributed by atoms with Crippen LogP contribution in [0.5, 0.6) is 0 Å². The molecule has 1 atom stereocenters. The van der Waals surface area contributed by atoms with E-state index in [4.69, 9.17) is 5.11 Å². The quantitative estimate of drug-likeness (QED) is 0.911. The molecule has 0 spiro atoms. The van der Waals surface area contributed by atoms with Gasteiger partial charge in [-0.25, -0.2) is 0 Å². The van der Waals surface area contributed by atoms with E-state index in [1.165, 1.54) is 6.07 Å². The maximum absolute atomic E-state index is 12.9. The number of aliphatic hydroxyl groups is 1. The van der Waals surface area contributed by atoms with E-state index in [1.807, 2.05) is 4.90 Å². The van der Waals surface area contributed by atoms with E-state index in [2.05, 4.69) is 0 Å². The first-order valence-corrected chi connectivity index (χ1v) is 6.49. The first-order chi connectivity index (χ1) is 9.00. The number of nitrogens with zero attached hydrogens (tertiary/aromatic N) is 1. The Balaban J connectivity index is 2.04. The van der Waals surface area contributed by atoms with E-state index in [1.54, 1.807) is 12.1 Å². The number of hydrogen-bond donors (Lipinski definition) is 1. The fourth-order valence-electron chi connectivity index (χ4n) is 2.65. The summed E-state index contributed by atoms with van der Waals surface area (Å²) in [6.07, 6.45) is -2.60. The molecule has 1 unspecified atom stereocenters. The second-order valence-electron chi connectivity index (χ2n) is 5.06. The van der Waals surface area contributed by atoms with Gasteiger partial charge in [0.1, 0.15) is 0 Å². The van der Waals surface area contributed by atoms with Crippen LogP contribution in [0.3, 0.4) is 0 Å². The molecule has 0 bridgehead atoms. The van der Waals surface area contributed by atoms with Gasteiger partial charge in [0.2, 0.25) is 0 Å². The van der Waals surface area contributed by atoms with Gasteiger partial charge in [0, 0.05) is 19.7 Å². The molecule has 1 aliphatic rings. The predicted octanol–water partition coefficient (Wildman–Crippen LogP) is 2.91. The molecule has 106 valence electrons. The summed E-state index contributed by atoms with van der Waals surface area (Å²) in [5.41, 5.74) is -0.208. The topological polar surface area (TPSA) is 23.5 Å². The molecule has 1 aromatic rings. The summed E-state index contributed by atoms with van der Waals surface area (Å²) in [5, 5.41) is 8.89. The lowest BCUT2D eigenvalue weighted by Gasteiger charge is -2.19. The first kappa shape index (κ1) is 14.3. The number of rotatable bonds is 4. The van der Waals surface area contributed by atoms with E-state index < -0.39 is 11.7 Å². The summed E-state index contributed by atoms with van der Waals surface area (Å²) in [4.78, 5) is 2.03. The molecule has 1 fully saturated rings. The third-order valence-corrected chi connectivity index (χ3v) is 3.62. The second-order valence-corrected chi connectivity index (χ2v) is 5.06. The molecule has 0 radical (unpaired) electrons. The summed E-state index contributed by atoms with van der Waals surface area (Å²) in [6.45, 7) is 2.05. The number of halogens is 3. The molecule has 1 aliphatic heterocycles. The summed E-state index contributed by atoms with van der Waals surface area (Å²) in [6, 6.07) is 5.75. The summed E-state index contributed by atoms with van der Waals surface area (Å²) >= 11 is 0. The fraction of sp³-hybridized carbons (Fsp3) is 0.571. The minimum Gasteiger partial charge on any atom is -0.396 e. The highest BCUT2D eigenvalue weighted by atomic mass is 19.4. The largest absolute Gasteiger partial charge is 0.416 e. The van der Waals surface area contributed by atoms with Gasteiger partial charge in [0.05, 0.1) is 5.56 Å². The van der Waals surface area contributed by atoms with Crippen LogP contribution in [0.15, 0.2) is 24.3 Å². The molecule has 19 heavy (non-hydrogen) atoms. The Bertz CT molecular complexity index is 419. The number of benzene rings is 1. The summed E-state index contributed by atoms with van der Waals surface area (Å²) < 4.78 is 38.6. The highest BCUT2D eigenvalue weighted by molar-refractivity contribution is 5.29. The standard InChI is InChI=1S/C14H18F3NO/c15-14(16,17)13-4-2-1-3-12(13)10-18-7-5-11(9-18)6-8-19/h1-4,11,19H,5-10H2. The minimum atomic E-state index is -4.29. The Hall–Kier alpha value is -1.07. The normalized spacial score (nSPS) is 20.9. The van der Waals surface area contributed by atoms with Crippen LogP contribution in [0, 0.1) is 5.92 Å². The van der Waals surface area contributed by atoms with Gasteiger partial charge in [-0.3, -0.25) is 4.90 Å². The molecule has 0 saturated carbocycles. The van der Waals surface area contributed by atoms with Crippen LogP contribution in [0.4, 0.5) is 13.2 Å². The molecule has 1 aromatic carbocycles. The zero-order chi connectivity index (χ0) is 13.9. The Morgan fingerprint density at radius 1 is 1.26 bits per heavy atom. The van der Waals surface area contributed by atoms with Crippen molar-refractivity contribution in [1.29, 1.82) is 0 Å². The minimum absolute atomic E-state index is 0.150. The van der Waals surface area contributed by atoms with E-state index in [9.17, 15) is 13.2 Å². The van der Waals surface area contributed by atoms with Crippen molar-refractivity contribution in [1.82, 2.24) is 4.90 Å². The average Bonchev–Trinajstić information content (AvgIpc) is 2.76. The van der Waals surface area contributed by atoms with Crippen molar-refractivity contribution in [2.75, 3.05) is 19.7 Å². The Kier molecular flexibility index (Phi) is 4.47. The van der Waals surface area contributed by atoms with E-state index in [-0.39, 0.29) is 6.61 Å². The smallest absolute Gasteiger partial charge is 0.396 e. The van der Waals surface area contributed by atoms with E-state index in [0.717, 1.165) is 32.0 Å². The maximum Gasteiger partial charge on any atom is 0.416 e. The molecule has 2 rings (SSSR count). The van der Waals surface area contributed by atoms with Crippen molar-refractivity contribution < 1.29 is 18.3 Å². The Labute approximate surface area is 110 Å². The second kappa shape index (κ2) is 5.92. The van der Waals surface area contributed by atoms with Gasteiger partial charge >= 0.3 is 6.18 Å². The molecule has 1 heterocycles. The van der Waals surface area contributed by atoms with Gasteiger partial charge in [-0.05, 0) is 36.9 Å². The zero-order valence-corrected chi connectivity index (χ0v) is 10.7. The maximum atomic E-state index is 12.9. The third-order valence-electron chi connectivity index (χ3n) is 3.62. The van der Waals surface area contributed by atoms with Crippen molar-refractivity contribution >= 4 is 0 Å². The van der Waals surface area contributed by atoms with Crippen LogP contribution in [0.2, 0.25) is 0 Å². The van der Waals surface area contributed by atoms with Crippen LogP contribution < -0.4 is 0 Å². The summed E-state index contributed by atoms with van der Waals surface area (Å²) in [7, 11) is 0. The number of aliphatic hydroxyl groups excluding tert-OH is 1. The molecule has 1 saturated heterocycles. The van der Waals surface area contributed by atoms with Crippen LogP contribution in [0.1, 0.15) is 24.0 Å². The van der Waals surface area contributed by atoms with Crippen molar-refractivity contribution in [3.8, 4) is 0 Å². The number of alkyl halides is 3. The molecule has 0 aliphatic carbocycles. The molecular weight excluding hydrogens is 255 g/mol. The van der Waals surface area contributed by atoms with Gasteiger partial charge in [-0.2, -0.15) is 13.2 Å². The third kappa shape index (κ3) is 3.70. The van der Waals surface area contributed by atoms with Crippen LogP contribution in [0.25, 0.3) is 0 Å². The van der Waals surface area contributed by atoms with Crippen molar-refractivity contribution in [3.63, 3.8) is 0 Å². The molecular formula is C14H18F3NO.